The van der Waals surface area contributed by atoms with Gasteiger partial charge < -0.3 is 9.30 Å². The van der Waals surface area contributed by atoms with Crippen LogP contribution in [0.2, 0.25) is 0 Å². The quantitative estimate of drug-likeness (QED) is 0.350. The van der Waals surface area contributed by atoms with Crippen LogP contribution in [0.4, 0.5) is 0 Å². The third-order valence-corrected chi connectivity index (χ3v) is 5.89. The Kier molecular flexibility index (Phi) is 4.71. The van der Waals surface area contributed by atoms with Crippen molar-refractivity contribution < 1.29 is 4.74 Å². The van der Waals surface area contributed by atoms with Gasteiger partial charge in [0.25, 0.3) is 0 Å². The number of H-pyrrole nitrogens is 1. The van der Waals surface area contributed by atoms with E-state index in [-0.39, 0.29) is 0 Å². The topological polar surface area (TPSA) is 47.8 Å². The van der Waals surface area contributed by atoms with Crippen molar-refractivity contribution in [3.05, 3.63) is 88.8 Å². The van der Waals surface area contributed by atoms with E-state index in [0.29, 0.717) is 4.77 Å². The van der Waals surface area contributed by atoms with Crippen molar-refractivity contribution >= 4 is 23.1 Å². The molecule has 2 aromatic heterocycles. The fraction of sp³-hybridized carbons (Fsp3) is 0.120. The van der Waals surface area contributed by atoms with Gasteiger partial charge in [-0.25, -0.2) is 0 Å². The number of aromatic amines is 1. The fourth-order valence-corrected chi connectivity index (χ4v) is 4.35. The summed E-state index contributed by atoms with van der Waals surface area (Å²) in [4.78, 5) is 0. The first kappa shape index (κ1) is 19.3. The number of rotatable bonds is 4. The standard InChI is InChI=1S/C25H22N4OS/c1-16-9-11-19(12-10-16)28-17(2)23(21-15-20(30-3)13-14-22(21)28)24-26-27-25(31)29(24)18-7-5-4-6-8-18/h4-15H,1-3H3,(H,27,31). The fourth-order valence-electron chi connectivity index (χ4n) is 4.11. The Hall–Kier alpha value is -3.64. The number of para-hydroxylation sites is 1. The Morgan fingerprint density at radius 2 is 1.58 bits per heavy atom. The molecule has 5 rings (SSSR count). The predicted octanol–water partition coefficient (Wildman–Crippen LogP) is 6.17. The normalized spacial score (nSPS) is 11.2. The highest BCUT2D eigenvalue weighted by atomic mass is 32.1. The molecule has 5 nitrogen and oxygen atoms in total. The number of methoxy groups -OCH3 is 1. The highest BCUT2D eigenvalue weighted by Crippen LogP contribution is 2.38. The highest BCUT2D eigenvalue weighted by molar-refractivity contribution is 7.71. The zero-order valence-electron chi connectivity index (χ0n) is 17.6. The minimum Gasteiger partial charge on any atom is -0.497 e. The number of hydrogen-bond acceptors (Lipinski definition) is 3. The van der Waals surface area contributed by atoms with E-state index in [1.54, 1.807) is 7.11 Å². The van der Waals surface area contributed by atoms with Gasteiger partial charge in [-0.05, 0) is 68.5 Å². The summed E-state index contributed by atoms with van der Waals surface area (Å²) in [5.74, 6) is 1.58. The molecular formula is C25H22N4OS. The molecule has 0 amide bonds. The summed E-state index contributed by atoms with van der Waals surface area (Å²) in [5.41, 5.74) is 6.49. The molecule has 0 bridgehead atoms. The number of aryl methyl sites for hydroxylation is 1. The molecule has 1 N–H and O–H groups in total. The Morgan fingerprint density at radius 1 is 0.871 bits per heavy atom. The van der Waals surface area contributed by atoms with E-state index in [1.165, 1.54) is 5.56 Å². The van der Waals surface area contributed by atoms with E-state index in [1.807, 2.05) is 41.0 Å². The molecule has 2 heterocycles. The second kappa shape index (κ2) is 7.56. The van der Waals surface area contributed by atoms with Crippen molar-refractivity contribution in [1.82, 2.24) is 19.3 Å². The maximum atomic E-state index is 5.60. The molecular weight excluding hydrogens is 404 g/mol. The SMILES string of the molecule is COc1ccc2c(c1)c(-c1n[nH]c(=S)n1-c1ccccc1)c(C)n2-c1ccc(C)cc1. The van der Waals surface area contributed by atoms with Gasteiger partial charge in [-0.3, -0.25) is 9.67 Å². The molecule has 0 aliphatic rings. The first-order chi connectivity index (χ1) is 15.1. The first-order valence-electron chi connectivity index (χ1n) is 10.1. The molecule has 0 spiro atoms. The summed E-state index contributed by atoms with van der Waals surface area (Å²) < 4.78 is 10.3. The van der Waals surface area contributed by atoms with Crippen LogP contribution >= 0.6 is 12.2 Å². The van der Waals surface area contributed by atoms with Crippen LogP contribution in [-0.2, 0) is 0 Å². The molecule has 6 heteroatoms. The summed E-state index contributed by atoms with van der Waals surface area (Å²) in [6.45, 7) is 4.22. The van der Waals surface area contributed by atoms with Crippen LogP contribution in [0, 0.1) is 18.6 Å². The van der Waals surface area contributed by atoms with Crippen LogP contribution in [0.3, 0.4) is 0 Å². The molecule has 0 atom stereocenters. The lowest BCUT2D eigenvalue weighted by molar-refractivity contribution is 0.415. The smallest absolute Gasteiger partial charge is 0.200 e. The molecule has 3 aromatic carbocycles. The largest absolute Gasteiger partial charge is 0.497 e. The number of hydrogen-bond donors (Lipinski definition) is 1. The van der Waals surface area contributed by atoms with Gasteiger partial charge in [0, 0.05) is 28.0 Å². The second-order valence-electron chi connectivity index (χ2n) is 7.54. The molecule has 0 unspecified atom stereocenters. The van der Waals surface area contributed by atoms with Crippen molar-refractivity contribution in [3.63, 3.8) is 0 Å². The summed E-state index contributed by atoms with van der Waals surface area (Å²) in [7, 11) is 1.69. The molecule has 0 fully saturated rings. The molecule has 0 aliphatic heterocycles. The maximum absolute atomic E-state index is 5.60. The van der Waals surface area contributed by atoms with Crippen LogP contribution in [0.25, 0.3) is 33.7 Å². The lowest BCUT2D eigenvalue weighted by Crippen LogP contribution is -2.00. The van der Waals surface area contributed by atoms with Crippen LogP contribution in [0.5, 0.6) is 5.75 Å². The van der Waals surface area contributed by atoms with Gasteiger partial charge in [-0.2, -0.15) is 5.10 Å². The average Bonchev–Trinajstić information content (AvgIpc) is 3.30. The van der Waals surface area contributed by atoms with Crippen LogP contribution in [0.1, 0.15) is 11.3 Å². The molecule has 0 saturated carbocycles. The number of aromatic nitrogens is 4. The zero-order valence-corrected chi connectivity index (χ0v) is 18.4. The zero-order chi connectivity index (χ0) is 21.5. The summed E-state index contributed by atoms with van der Waals surface area (Å²) in [5, 5.41) is 8.69. The monoisotopic (exact) mass is 426 g/mol. The molecule has 31 heavy (non-hydrogen) atoms. The summed E-state index contributed by atoms with van der Waals surface area (Å²) in [6, 6.07) is 24.7. The summed E-state index contributed by atoms with van der Waals surface area (Å²) in [6.07, 6.45) is 0. The van der Waals surface area contributed by atoms with Crippen LogP contribution in [0.15, 0.2) is 72.8 Å². The van der Waals surface area contributed by atoms with E-state index in [2.05, 4.69) is 65.0 Å². The third-order valence-electron chi connectivity index (χ3n) is 5.61. The molecule has 0 aliphatic carbocycles. The predicted molar refractivity (Wildman–Crippen MR) is 127 cm³/mol. The van der Waals surface area contributed by atoms with Gasteiger partial charge >= 0.3 is 0 Å². The van der Waals surface area contributed by atoms with E-state index >= 15 is 0 Å². The molecule has 5 aromatic rings. The van der Waals surface area contributed by atoms with Gasteiger partial charge in [0.1, 0.15) is 5.75 Å². The Labute approximate surface area is 185 Å². The average molecular weight is 427 g/mol. The van der Waals surface area contributed by atoms with E-state index in [0.717, 1.165) is 45.1 Å². The van der Waals surface area contributed by atoms with Gasteiger partial charge in [0.15, 0.2) is 10.6 Å². The Bertz CT molecular complexity index is 1440. The van der Waals surface area contributed by atoms with Crippen LogP contribution < -0.4 is 4.74 Å². The Balaban J connectivity index is 1.86. The molecule has 0 radical (unpaired) electrons. The third kappa shape index (κ3) is 3.16. The first-order valence-corrected chi connectivity index (χ1v) is 10.5. The van der Waals surface area contributed by atoms with Crippen molar-refractivity contribution in [3.8, 4) is 28.5 Å². The molecule has 0 saturated heterocycles. The number of ether oxygens (including phenoxy) is 1. The van der Waals surface area contributed by atoms with Crippen molar-refractivity contribution in [2.24, 2.45) is 0 Å². The number of nitrogens with one attached hydrogen (secondary N) is 1. The maximum Gasteiger partial charge on any atom is 0.200 e. The molecule has 154 valence electrons. The number of fused-ring (bicyclic) bond motifs is 1. The van der Waals surface area contributed by atoms with Crippen LogP contribution in [-0.4, -0.2) is 26.4 Å². The van der Waals surface area contributed by atoms with E-state index < -0.39 is 0 Å². The lowest BCUT2D eigenvalue weighted by Gasteiger charge is -2.10. The van der Waals surface area contributed by atoms with Crippen molar-refractivity contribution in [2.75, 3.05) is 7.11 Å². The Morgan fingerprint density at radius 3 is 2.29 bits per heavy atom. The minimum absolute atomic E-state index is 0.555. The van der Waals surface area contributed by atoms with Gasteiger partial charge in [-0.15, -0.1) is 0 Å². The van der Waals surface area contributed by atoms with Gasteiger partial charge in [-0.1, -0.05) is 35.9 Å². The van der Waals surface area contributed by atoms with Gasteiger partial charge in [0.2, 0.25) is 0 Å². The van der Waals surface area contributed by atoms with E-state index in [4.69, 9.17) is 17.0 Å². The van der Waals surface area contributed by atoms with Gasteiger partial charge in [0.05, 0.1) is 12.6 Å². The number of nitrogens with zero attached hydrogens (tertiary/aromatic N) is 3. The highest BCUT2D eigenvalue weighted by Gasteiger charge is 2.22. The van der Waals surface area contributed by atoms with E-state index in [9.17, 15) is 0 Å². The number of benzene rings is 3. The second-order valence-corrected chi connectivity index (χ2v) is 7.92. The van der Waals surface area contributed by atoms with Crippen molar-refractivity contribution in [1.29, 1.82) is 0 Å². The minimum atomic E-state index is 0.555. The van der Waals surface area contributed by atoms with Crippen molar-refractivity contribution in [2.45, 2.75) is 13.8 Å². The summed E-state index contributed by atoms with van der Waals surface area (Å²) >= 11 is 5.60. The lowest BCUT2D eigenvalue weighted by atomic mass is 10.1.